The minimum atomic E-state index is -5.93. The highest BCUT2D eigenvalue weighted by Crippen LogP contribution is 2.50. The first kappa shape index (κ1) is 27.4. The predicted molar refractivity (Wildman–Crippen MR) is 128 cm³/mol. The maximum Gasteiger partial charge on any atom is 0.430 e. The van der Waals surface area contributed by atoms with Gasteiger partial charge in [0, 0.05) is 67.8 Å². The Morgan fingerprint density at radius 3 is 1.73 bits per heavy atom. The van der Waals surface area contributed by atoms with Crippen LogP contribution in [-0.4, -0.2) is 58.4 Å². The molecule has 1 aliphatic heterocycles. The summed E-state index contributed by atoms with van der Waals surface area (Å²) in [4.78, 5) is 8.69. The van der Waals surface area contributed by atoms with E-state index in [1.54, 1.807) is 24.5 Å². The van der Waals surface area contributed by atoms with Gasteiger partial charge in [-0.2, -0.15) is 26.3 Å². The third-order valence-electron chi connectivity index (χ3n) is 6.49. The Morgan fingerprint density at radius 2 is 1.24 bits per heavy atom. The van der Waals surface area contributed by atoms with Crippen LogP contribution < -0.4 is 0 Å². The maximum absolute atomic E-state index is 13.1. The Balaban J connectivity index is 1.41. The number of rotatable bonds is 6. The fraction of sp³-hybridized carbons (Fsp3) is 0.346. The summed E-state index contributed by atoms with van der Waals surface area (Å²) >= 11 is 6.43. The van der Waals surface area contributed by atoms with E-state index < -0.39 is 23.5 Å². The van der Waals surface area contributed by atoms with Crippen molar-refractivity contribution in [1.82, 2.24) is 14.8 Å². The second-order valence-corrected chi connectivity index (χ2v) is 9.41. The third kappa shape index (κ3) is 5.93. The van der Waals surface area contributed by atoms with Crippen molar-refractivity contribution in [2.75, 3.05) is 26.2 Å². The van der Waals surface area contributed by atoms with Gasteiger partial charge in [0.15, 0.2) is 0 Å². The molecule has 0 radical (unpaired) electrons. The second-order valence-electron chi connectivity index (χ2n) is 9.01. The Bertz CT molecular complexity index is 1180. The largest absolute Gasteiger partial charge is 0.430 e. The molecular weight excluding hydrogens is 520 g/mol. The van der Waals surface area contributed by atoms with E-state index >= 15 is 0 Å². The van der Waals surface area contributed by atoms with Gasteiger partial charge < -0.3 is 5.11 Å². The zero-order chi connectivity index (χ0) is 26.8. The highest BCUT2D eigenvalue weighted by atomic mass is 35.5. The van der Waals surface area contributed by atoms with E-state index in [4.69, 9.17) is 11.6 Å². The highest BCUT2D eigenvalue weighted by molar-refractivity contribution is 6.33. The lowest BCUT2D eigenvalue weighted by Crippen LogP contribution is -2.53. The van der Waals surface area contributed by atoms with Crippen molar-refractivity contribution in [2.24, 2.45) is 0 Å². The SMILES string of the molecule is OC(c1ccc(-c2ccc(CN3CCN(Cc4ccncc4)CC3)cc2Cl)cc1)(C(F)(F)F)C(F)(F)F. The first-order valence-electron chi connectivity index (χ1n) is 11.5. The molecule has 0 aliphatic carbocycles. The average molecular weight is 544 g/mol. The summed E-state index contributed by atoms with van der Waals surface area (Å²) in [6.07, 6.45) is -8.32. The standard InChI is InChI=1S/C26H24ClF6N3O/c27-23-15-19(17-36-13-11-35(12-14-36)16-18-7-9-34-10-8-18)1-6-22(23)20-2-4-21(5-3-20)24(37,25(28,29)30)26(31,32)33/h1-10,15,37H,11-14,16-17H2. The fourth-order valence-electron chi connectivity index (χ4n) is 4.38. The molecule has 1 saturated heterocycles. The number of aromatic nitrogens is 1. The van der Waals surface area contributed by atoms with Gasteiger partial charge in [-0.1, -0.05) is 48.0 Å². The van der Waals surface area contributed by atoms with Gasteiger partial charge in [0.2, 0.25) is 0 Å². The summed E-state index contributed by atoms with van der Waals surface area (Å²) in [6.45, 7) is 5.07. The fourth-order valence-corrected chi connectivity index (χ4v) is 4.69. The van der Waals surface area contributed by atoms with Gasteiger partial charge in [-0.3, -0.25) is 14.8 Å². The van der Waals surface area contributed by atoms with Crippen LogP contribution in [0.5, 0.6) is 0 Å². The van der Waals surface area contributed by atoms with Crippen molar-refractivity contribution in [3.63, 3.8) is 0 Å². The first-order chi connectivity index (χ1) is 17.4. The number of hydrogen-bond acceptors (Lipinski definition) is 4. The lowest BCUT2D eigenvalue weighted by molar-refractivity contribution is -0.376. The number of alkyl halides is 6. The molecule has 2 aromatic carbocycles. The maximum atomic E-state index is 13.1. The molecule has 2 heterocycles. The van der Waals surface area contributed by atoms with Crippen LogP contribution in [0.15, 0.2) is 67.0 Å². The summed E-state index contributed by atoms with van der Waals surface area (Å²) in [7, 11) is 0. The van der Waals surface area contributed by atoms with Crippen molar-refractivity contribution in [2.45, 2.75) is 31.0 Å². The Morgan fingerprint density at radius 1 is 0.730 bits per heavy atom. The van der Waals surface area contributed by atoms with Gasteiger partial charge >= 0.3 is 12.4 Å². The van der Waals surface area contributed by atoms with Gasteiger partial charge in [-0.15, -0.1) is 0 Å². The molecule has 3 aromatic rings. The molecule has 1 fully saturated rings. The van der Waals surface area contributed by atoms with Crippen LogP contribution in [0.2, 0.25) is 5.02 Å². The molecule has 1 aromatic heterocycles. The van der Waals surface area contributed by atoms with E-state index in [1.165, 1.54) is 5.56 Å². The number of pyridine rings is 1. The Labute approximate surface area is 215 Å². The van der Waals surface area contributed by atoms with Crippen LogP contribution >= 0.6 is 11.6 Å². The van der Waals surface area contributed by atoms with Crippen LogP contribution in [0, 0.1) is 0 Å². The summed E-state index contributed by atoms with van der Waals surface area (Å²) in [5, 5.41) is 9.89. The number of halogens is 7. The van der Waals surface area contributed by atoms with E-state index in [0.29, 0.717) is 34.8 Å². The van der Waals surface area contributed by atoms with Gasteiger partial charge in [-0.05, 0) is 34.9 Å². The van der Waals surface area contributed by atoms with Gasteiger partial charge in [0.25, 0.3) is 5.60 Å². The quantitative estimate of drug-likeness (QED) is 0.385. The van der Waals surface area contributed by atoms with Crippen LogP contribution in [0.25, 0.3) is 11.1 Å². The van der Waals surface area contributed by atoms with E-state index in [1.807, 2.05) is 18.2 Å². The van der Waals surface area contributed by atoms with Gasteiger partial charge in [0.1, 0.15) is 0 Å². The van der Waals surface area contributed by atoms with Crippen LogP contribution in [0.4, 0.5) is 26.3 Å². The third-order valence-corrected chi connectivity index (χ3v) is 6.81. The van der Waals surface area contributed by atoms with Crippen molar-refractivity contribution in [3.8, 4) is 11.1 Å². The monoisotopic (exact) mass is 543 g/mol. The molecule has 198 valence electrons. The van der Waals surface area contributed by atoms with Gasteiger partial charge in [0.05, 0.1) is 0 Å². The van der Waals surface area contributed by atoms with Crippen LogP contribution in [0.3, 0.4) is 0 Å². The van der Waals surface area contributed by atoms with Crippen molar-refractivity contribution in [3.05, 3.63) is 88.7 Å². The van der Waals surface area contributed by atoms with E-state index in [9.17, 15) is 31.4 Å². The predicted octanol–water partition coefficient (Wildman–Crippen LogP) is 6.03. The Hall–Kier alpha value is -2.66. The molecule has 1 N–H and O–H groups in total. The lowest BCUT2D eigenvalue weighted by atomic mass is 9.90. The van der Waals surface area contributed by atoms with Crippen LogP contribution in [-0.2, 0) is 18.7 Å². The summed E-state index contributed by atoms with van der Waals surface area (Å²) in [5.41, 5.74) is -3.34. The molecule has 4 rings (SSSR count). The number of hydrogen-bond donors (Lipinski definition) is 1. The molecular formula is C26H24ClF6N3O. The van der Waals surface area contributed by atoms with Gasteiger partial charge in [-0.25, -0.2) is 0 Å². The zero-order valence-electron chi connectivity index (χ0n) is 19.5. The Kier molecular flexibility index (Phi) is 7.85. The minimum Gasteiger partial charge on any atom is -0.369 e. The zero-order valence-corrected chi connectivity index (χ0v) is 20.3. The smallest absolute Gasteiger partial charge is 0.369 e. The molecule has 0 saturated carbocycles. The van der Waals surface area contributed by atoms with Crippen molar-refractivity contribution < 1.29 is 31.4 Å². The van der Waals surface area contributed by atoms with Crippen LogP contribution in [0.1, 0.15) is 16.7 Å². The van der Waals surface area contributed by atoms with E-state index in [0.717, 1.165) is 50.4 Å². The molecule has 4 nitrogen and oxygen atoms in total. The summed E-state index contributed by atoms with van der Waals surface area (Å²) < 4.78 is 78.8. The van der Waals surface area contributed by atoms with E-state index in [-0.39, 0.29) is 0 Å². The number of aliphatic hydroxyl groups is 1. The average Bonchev–Trinajstić information content (AvgIpc) is 2.84. The molecule has 0 bridgehead atoms. The second kappa shape index (κ2) is 10.6. The molecule has 0 unspecified atom stereocenters. The number of piperazine rings is 1. The topological polar surface area (TPSA) is 39.6 Å². The molecule has 0 spiro atoms. The molecule has 0 amide bonds. The molecule has 37 heavy (non-hydrogen) atoms. The summed E-state index contributed by atoms with van der Waals surface area (Å²) in [5.74, 6) is 0. The van der Waals surface area contributed by atoms with Crippen molar-refractivity contribution >= 4 is 11.6 Å². The molecule has 11 heteroatoms. The number of nitrogens with zero attached hydrogens (tertiary/aromatic N) is 3. The molecule has 1 aliphatic rings. The van der Waals surface area contributed by atoms with E-state index in [2.05, 4.69) is 14.8 Å². The minimum absolute atomic E-state index is 0.323. The number of benzene rings is 2. The lowest BCUT2D eigenvalue weighted by Gasteiger charge is -2.34. The van der Waals surface area contributed by atoms with Crippen molar-refractivity contribution in [1.29, 1.82) is 0 Å². The first-order valence-corrected chi connectivity index (χ1v) is 11.8. The molecule has 0 atom stereocenters. The normalized spacial score (nSPS) is 16.2. The summed E-state index contributed by atoms with van der Waals surface area (Å²) in [6, 6.07) is 12.7. The highest BCUT2D eigenvalue weighted by Gasteiger charge is 2.71.